The average molecular weight is 457 g/mol. The lowest BCUT2D eigenvalue weighted by Crippen LogP contribution is -2.30. The number of nitrogens with one attached hydrogen (secondary N) is 1. The molecule has 164 valence electrons. The smallest absolute Gasteiger partial charge is 0.231 e. The first-order chi connectivity index (χ1) is 16.2. The van der Waals surface area contributed by atoms with Crippen LogP contribution in [0.15, 0.2) is 85.2 Å². The fourth-order valence-corrected chi connectivity index (χ4v) is 4.80. The Hall–Kier alpha value is -4.04. The molecule has 0 amide bonds. The summed E-state index contributed by atoms with van der Waals surface area (Å²) in [6.45, 7) is 0.213. The Labute approximate surface area is 195 Å². The van der Waals surface area contributed by atoms with Crippen LogP contribution in [-0.2, 0) is 0 Å². The van der Waals surface area contributed by atoms with Gasteiger partial charge in [-0.25, -0.2) is 0 Å². The summed E-state index contributed by atoms with van der Waals surface area (Å²) in [6, 6.07) is 22.6. The highest BCUT2D eigenvalue weighted by Gasteiger charge is 2.42. The minimum absolute atomic E-state index is 0.171. The second kappa shape index (κ2) is 7.83. The van der Waals surface area contributed by atoms with Crippen molar-refractivity contribution in [3.05, 3.63) is 96.6 Å². The number of thiocarbonyl (C=S) groups is 1. The van der Waals surface area contributed by atoms with Crippen LogP contribution >= 0.6 is 12.2 Å². The van der Waals surface area contributed by atoms with Gasteiger partial charge in [-0.1, -0.05) is 6.07 Å². The van der Waals surface area contributed by atoms with E-state index >= 15 is 0 Å². The van der Waals surface area contributed by atoms with E-state index in [1.807, 2.05) is 60.8 Å². The van der Waals surface area contributed by atoms with Crippen molar-refractivity contribution >= 4 is 23.0 Å². The van der Waals surface area contributed by atoms with Crippen LogP contribution in [0, 0.1) is 0 Å². The molecule has 2 atom stereocenters. The molecule has 7 nitrogen and oxygen atoms in total. The Balaban J connectivity index is 1.50. The van der Waals surface area contributed by atoms with Gasteiger partial charge in [0.2, 0.25) is 6.79 Å². The maximum Gasteiger partial charge on any atom is 0.231 e. The topological polar surface area (TPSA) is 71.8 Å². The van der Waals surface area contributed by atoms with Crippen molar-refractivity contribution in [2.75, 3.05) is 11.7 Å². The van der Waals surface area contributed by atoms with Gasteiger partial charge in [-0.15, -0.1) is 0 Å². The molecule has 0 unspecified atom stereocenters. The third-order valence-corrected chi connectivity index (χ3v) is 6.26. The summed E-state index contributed by atoms with van der Waals surface area (Å²) in [7, 11) is 0. The lowest BCUT2D eigenvalue weighted by Gasteiger charge is -2.29. The number of aromatic hydroxyl groups is 1. The highest BCUT2D eigenvalue weighted by molar-refractivity contribution is 7.80. The molecule has 6 rings (SSSR count). The van der Waals surface area contributed by atoms with Crippen LogP contribution in [0.25, 0.3) is 5.69 Å². The van der Waals surface area contributed by atoms with Gasteiger partial charge >= 0.3 is 0 Å². The zero-order valence-corrected chi connectivity index (χ0v) is 18.3. The van der Waals surface area contributed by atoms with E-state index in [1.54, 1.807) is 18.3 Å². The lowest BCUT2D eigenvalue weighted by molar-refractivity contribution is 0.174. The Kier molecular flexibility index (Phi) is 4.66. The van der Waals surface area contributed by atoms with Crippen LogP contribution in [0.4, 0.5) is 5.69 Å². The number of anilines is 1. The standard InChI is InChI=1S/C25H20N4O3S/c30-18-9-6-16(7-10-18)28-13-3-5-20(28)24-23(19-4-1-2-12-26-19)27-25(33)29(24)17-8-11-21-22(14-17)32-15-31-21/h1-14,23-24,30H,15H2,(H,27,33)/t23-,24+/m1/s1. The molecular formula is C25H20N4O3S. The maximum absolute atomic E-state index is 9.75. The number of aromatic nitrogens is 2. The van der Waals surface area contributed by atoms with Crippen molar-refractivity contribution in [2.45, 2.75) is 12.1 Å². The van der Waals surface area contributed by atoms with Crippen LogP contribution in [-0.4, -0.2) is 26.6 Å². The number of nitrogens with zero attached hydrogens (tertiary/aromatic N) is 3. The molecule has 2 N–H and O–H groups in total. The summed E-state index contributed by atoms with van der Waals surface area (Å²) < 4.78 is 13.2. The Morgan fingerprint density at radius 1 is 0.939 bits per heavy atom. The van der Waals surface area contributed by atoms with Gasteiger partial charge < -0.3 is 29.4 Å². The van der Waals surface area contributed by atoms with E-state index in [0.29, 0.717) is 10.9 Å². The van der Waals surface area contributed by atoms with Gasteiger partial charge in [0.05, 0.1) is 11.7 Å². The van der Waals surface area contributed by atoms with Crippen molar-refractivity contribution in [2.24, 2.45) is 0 Å². The van der Waals surface area contributed by atoms with Gasteiger partial charge in [0.1, 0.15) is 11.8 Å². The molecular weight excluding hydrogens is 436 g/mol. The first kappa shape index (κ1) is 19.6. The van der Waals surface area contributed by atoms with Crippen molar-refractivity contribution < 1.29 is 14.6 Å². The molecule has 2 aliphatic rings. The Bertz CT molecular complexity index is 1320. The summed E-state index contributed by atoms with van der Waals surface area (Å²) >= 11 is 5.83. The van der Waals surface area contributed by atoms with Crippen LogP contribution in [0.5, 0.6) is 17.2 Å². The predicted molar refractivity (Wildman–Crippen MR) is 128 cm³/mol. The first-order valence-corrected chi connectivity index (χ1v) is 11.0. The number of hydrogen-bond acceptors (Lipinski definition) is 5. The molecule has 2 aromatic heterocycles. The number of pyridine rings is 1. The zero-order chi connectivity index (χ0) is 22.4. The van der Waals surface area contributed by atoms with Gasteiger partial charge in [-0.05, 0) is 72.9 Å². The number of ether oxygens (including phenoxy) is 2. The number of benzene rings is 2. The Morgan fingerprint density at radius 3 is 2.58 bits per heavy atom. The summed E-state index contributed by atoms with van der Waals surface area (Å²) in [5.74, 6) is 1.65. The third-order valence-electron chi connectivity index (χ3n) is 5.94. The van der Waals surface area contributed by atoms with Gasteiger partial charge in [0.15, 0.2) is 16.6 Å². The SMILES string of the molecule is Oc1ccc(-n2cccc2[C@H]2[C@@H](c3ccccn3)NC(=S)N2c2ccc3c(c2)OCO3)cc1. The fourth-order valence-electron chi connectivity index (χ4n) is 4.45. The van der Waals surface area contributed by atoms with Crippen LogP contribution in [0.3, 0.4) is 0 Å². The van der Waals surface area contributed by atoms with Crippen molar-refractivity contribution in [1.29, 1.82) is 0 Å². The molecule has 0 aliphatic carbocycles. The van der Waals surface area contributed by atoms with Crippen LogP contribution < -0.4 is 19.7 Å². The monoisotopic (exact) mass is 456 g/mol. The van der Waals surface area contributed by atoms with E-state index in [-0.39, 0.29) is 24.6 Å². The largest absolute Gasteiger partial charge is 0.508 e. The quantitative estimate of drug-likeness (QED) is 0.439. The van der Waals surface area contributed by atoms with Gasteiger partial charge in [0.25, 0.3) is 0 Å². The van der Waals surface area contributed by atoms with E-state index in [9.17, 15) is 5.11 Å². The maximum atomic E-state index is 9.75. The highest BCUT2D eigenvalue weighted by Crippen LogP contribution is 2.44. The molecule has 1 fully saturated rings. The summed E-state index contributed by atoms with van der Waals surface area (Å²) in [5, 5.41) is 13.8. The van der Waals surface area contributed by atoms with E-state index in [4.69, 9.17) is 21.7 Å². The van der Waals surface area contributed by atoms with Crippen molar-refractivity contribution in [3.63, 3.8) is 0 Å². The molecule has 33 heavy (non-hydrogen) atoms. The van der Waals surface area contributed by atoms with Gasteiger partial charge in [-0.2, -0.15) is 0 Å². The number of phenolic OH excluding ortho intramolecular Hbond substituents is 1. The molecule has 2 aliphatic heterocycles. The van der Waals surface area contributed by atoms with Crippen LogP contribution in [0.2, 0.25) is 0 Å². The molecule has 4 heterocycles. The zero-order valence-electron chi connectivity index (χ0n) is 17.5. The van der Waals surface area contributed by atoms with Crippen molar-refractivity contribution in [1.82, 2.24) is 14.9 Å². The van der Waals surface area contributed by atoms with Crippen molar-refractivity contribution in [3.8, 4) is 22.9 Å². The number of rotatable bonds is 4. The summed E-state index contributed by atoms with van der Waals surface area (Å²) in [5.41, 5.74) is 3.77. The lowest BCUT2D eigenvalue weighted by atomic mass is 10.0. The van der Waals surface area contributed by atoms with E-state index in [2.05, 4.69) is 25.8 Å². The minimum Gasteiger partial charge on any atom is -0.508 e. The van der Waals surface area contributed by atoms with Gasteiger partial charge in [-0.3, -0.25) is 4.98 Å². The normalized spacial score (nSPS) is 19.0. The summed E-state index contributed by atoms with van der Waals surface area (Å²) in [6.07, 6.45) is 3.80. The molecule has 0 spiro atoms. The molecule has 0 saturated carbocycles. The number of fused-ring (bicyclic) bond motifs is 1. The number of hydrogen-bond donors (Lipinski definition) is 2. The average Bonchev–Trinajstić information content (AvgIpc) is 3.57. The third kappa shape index (κ3) is 3.35. The second-order valence-electron chi connectivity index (χ2n) is 7.85. The molecule has 2 aromatic carbocycles. The minimum atomic E-state index is -0.184. The number of phenols is 1. The van der Waals surface area contributed by atoms with E-state index < -0.39 is 0 Å². The molecule has 4 aromatic rings. The summed E-state index contributed by atoms with van der Waals surface area (Å²) in [4.78, 5) is 6.72. The fraction of sp³-hybridized carbons (Fsp3) is 0.120. The highest BCUT2D eigenvalue weighted by atomic mass is 32.1. The van der Waals surface area contributed by atoms with E-state index in [1.165, 1.54) is 0 Å². The predicted octanol–water partition coefficient (Wildman–Crippen LogP) is 4.48. The first-order valence-electron chi connectivity index (χ1n) is 10.6. The Morgan fingerprint density at radius 2 is 1.76 bits per heavy atom. The molecule has 0 bridgehead atoms. The molecule has 8 heteroatoms. The van der Waals surface area contributed by atoms with E-state index in [0.717, 1.165) is 28.5 Å². The molecule has 0 radical (unpaired) electrons. The second-order valence-corrected chi connectivity index (χ2v) is 8.24. The van der Waals surface area contributed by atoms with Crippen LogP contribution in [0.1, 0.15) is 23.5 Å². The van der Waals surface area contributed by atoms with Gasteiger partial charge in [0, 0.05) is 35.5 Å². The molecule has 1 saturated heterocycles.